The van der Waals surface area contributed by atoms with Gasteiger partial charge in [-0.05, 0) is 37.3 Å². The van der Waals surface area contributed by atoms with Crippen molar-refractivity contribution in [3.8, 4) is 0 Å². The molecule has 0 fully saturated rings. The smallest absolute Gasteiger partial charge is 0.191 e. The van der Waals surface area contributed by atoms with Crippen LogP contribution in [0, 0.1) is 0 Å². The molecule has 1 aliphatic rings. The Labute approximate surface area is 208 Å². The third kappa shape index (κ3) is 6.31. The van der Waals surface area contributed by atoms with Crippen molar-refractivity contribution < 1.29 is 0 Å². The number of rotatable bonds is 8. The van der Waals surface area contributed by atoms with Gasteiger partial charge < -0.3 is 15.2 Å². The zero-order valence-electron chi connectivity index (χ0n) is 18.7. The van der Waals surface area contributed by atoms with Crippen LogP contribution in [0.2, 0.25) is 0 Å². The van der Waals surface area contributed by atoms with E-state index >= 15 is 0 Å². The highest BCUT2D eigenvalue weighted by atomic mass is 127. The SMILES string of the molecule is CCNC(=NCc1nnc2n1CCCC2)NCCC(c1ccccc1)c1ccccc1.I. The fourth-order valence-electron chi connectivity index (χ4n) is 4.21. The zero-order valence-corrected chi connectivity index (χ0v) is 21.0. The molecule has 0 saturated heterocycles. The second-order valence-electron chi connectivity index (χ2n) is 7.93. The Morgan fingerprint density at radius 3 is 2.31 bits per heavy atom. The summed E-state index contributed by atoms with van der Waals surface area (Å²) in [6, 6.07) is 21.5. The average Bonchev–Trinajstić information content (AvgIpc) is 3.24. The van der Waals surface area contributed by atoms with Gasteiger partial charge in [-0.15, -0.1) is 34.2 Å². The molecule has 2 N–H and O–H groups in total. The molecular formula is C25H33IN6. The molecule has 0 unspecified atom stereocenters. The number of hydrogen-bond donors (Lipinski definition) is 2. The van der Waals surface area contributed by atoms with Crippen molar-refractivity contribution in [3.05, 3.63) is 83.4 Å². The van der Waals surface area contributed by atoms with Gasteiger partial charge in [-0.1, -0.05) is 60.7 Å². The topological polar surface area (TPSA) is 67.1 Å². The Balaban J connectivity index is 0.00000289. The van der Waals surface area contributed by atoms with Crippen molar-refractivity contribution in [1.82, 2.24) is 25.4 Å². The minimum Gasteiger partial charge on any atom is -0.357 e. The van der Waals surface area contributed by atoms with E-state index < -0.39 is 0 Å². The fraction of sp³-hybridized carbons (Fsp3) is 0.400. The number of nitrogens with zero attached hydrogens (tertiary/aromatic N) is 4. The molecule has 0 aliphatic carbocycles. The first-order chi connectivity index (χ1) is 15.3. The van der Waals surface area contributed by atoms with Crippen LogP contribution in [0.25, 0.3) is 0 Å². The molecule has 0 bridgehead atoms. The minimum atomic E-state index is 0. The molecule has 0 amide bonds. The number of nitrogens with one attached hydrogen (secondary N) is 2. The van der Waals surface area contributed by atoms with Crippen LogP contribution < -0.4 is 10.6 Å². The highest BCUT2D eigenvalue weighted by Gasteiger charge is 2.16. The monoisotopic (exact) mass is 544 g/mol. The lowest BCUT2D eigenvalue weighted by atomic mass is 9.88. The molecular weight excluding hydrogens is 511 g/mol. The van der Waals surface area contributed by atoms with E-state index in [1.165, 1.54) is 24.0 Å². The van der Waals surface area contributed by atoms with Crippen molar-refractivity contribution in [2.75, 3.05) is 13.1 Å². The highest BCUT2D eigenvalue weighted by Crippen LogP contribution is 2.27. The summed E-state index contributed by atoms with van der Waals surface area (Å²) in [6.45, 7) is 5.30. The number of aryl methyl sites for hydroxylation is 1. The van der Waals surface area contributed by atoms with Crippen LogP contribution in [0.15, 0.2) is 65.7 Å². The summed E-state index contributed by atoms with van der Waals surface area (Å²) < 4.78 is 2.23. The Kier molecular flexibility index (Phi) is 9.52. The first-order valence-electron chi connectivity index (χ1n) is 11.4. The molecule has 6 nitrogen and oxygen atoms in total. The van der Waals surface area contributed by atoms with E-state index in [-0.39, 0.29) is 24.0 Å². The highest BCUT2D eigenvalue weighted by molar-refractivity contribution is 14.0. The number of aromatic nitrogens is 3. The van der Waals surface area contributed by atoms with E-state index in [4.69, 9.17) is 4.99 Å². The fourth-order valence-corrected chi connectivity index (χ4v) is 4.21. The number of guanidine groups is 1. The molecule has 1 aliphatic heterocycles. The third-order valence-electron chi connectivity index (χ3n) is 5.79. The Hall–Kier alpha value is -2.42. The normalized spacial score (nSPS) is 13.4. The zero-order chi connectivity index (χ0) is 21.3. The summed E-state index contributed by atoms with van der Waals surface area (Å²) in [6.07, 6.45) is 4.41. The van der Waals surface area contributed by atoms with E-state index in [1.54, 1.807) is 0 Å². The number of halogens is 1. The Morgan fingerprint density at radius 2 is 1.66 bits per heavy atom. The van der Waals surface area contributed by atoms with E-state index in [2.05, 4.69) is 93.0 Å². The Morgan fingerprint density at radius 1 is 0.969 bits per heavy atom. The maximum atomic E-state index is 4.78. The minimum absolute atomic E-state index is 0. The molecule has 4 rings (SSSR count). The van der Waals surface area contributed by atoms with Crippen molar-refractivity contribution >= 4 is 29.9 Å². The van der Waals surface area contributed by atoms with Gasteiger partial charge in [-0.2, -0.15) is 0 Å². The first kappa shape index (κ1) is 24.2. The summed E-state index contributed by atoms with van der Waals surface area (Å²) in [7, 11) is 0. The molecule has 0 spiro atoms. The second kappa shape index (κ2) is 12.6. The van der Waals surface area contributed by atoms with Gasteiger partial charge in [0.15, 0.2) is 11.8 Å². The van der Waals surface area contributed by atoms with Crippen LogP contribution in [0.1, 0.15) is 54.9 Å². The summed E-state index contributed by atoms with van der Waals surface area (Å²) in [4.78, 5) is 4.78. The molecule has 7 heteroatoms. The number of benzene rings is 2. The average molecular weight is 544 g/mol. The molecule has 0 radical (unpaired) electrons. The maximum absolute atomic E-state index is 4.78. The van der Waals surface area contributed by atoms with Gasteiger partial charge in [0, 0.05) is 32.0 Å². The molecule has 0 atom stereocenters. The van der Waals surface area contributed by atoms with E-state index in [0.29, 0.717) is 12.5 Å². The van der Waals surface area contributed by atoms with Crippen LogP contribution in [0.3, 0.4) is 0 Å². The van der Waals surface area contributed by atoms with Crippen molar-refractivity contribution in [2.24, 2.45) is 4.99 Å². The van der Waals surface area contributed by atoms with Gasteiger partial charge >= 0.3 is 0 Å². The van der Waals surface area contributed by atoms with E-state index in [1.807, 2.05) is 0 Å². The molecule has 0 saturated carbocycles. The molecule has 3 aromatic rings. The van der Waals surface area contributed by atoms with Crippen molar-refractivity contribution in [2.45, 2.75) is 51.6 Å². The molecule has 2 aromatic carbocycles. The second-order valence-corrected chi connectivity index (χ2v) is 7.93. The van der Waals surface area contributed by atoms with Gasteiger partial charge in [0.25, 0.3) is 0 Å². The lowest BCUT2D eigenvalue weighted by Crippen LogP contribution is -2.38. The molecule has 170 valence electrons. The predicted molar refractivity (Wildman–Crippen MR) is 141 cm³/mol. The van der Waals surface area contributed by atoms with Crippen molar-refractivity contribution in [3.63, 3.8) is 0 Å². The van der Waals surface area contributed by atoms with Gasteiger partial charge in [0.1, 0.15) is 12.4 Å². The number of hydrogen-bond acceptors (Lipinski definition) is 3. The van der Waals surface area contributed by atoms with Gasteiger partial charge in [0.05, 0.1) is 0 Å². The van der Waals surface area contributed by atoms with Crippen LogP contribution >= 0.6 is 24.0 Å². The lowest BCUT2D eigenvalue weighted by Gasteiger charge is -2.19. The van der Waals surface area contributed by atoms with Gasteiger partial charge in [-0.25, -0.2) is 4.99 Å². The summed E-state index contributed by atoms with van der Waals surface area (Å²) >= 11 is 0. The lowest BCUT2D eigenvalue weighted by molar-refractivity contribution is 0.508. The van der Waals surface area contributed by atoms with Crippen molar-refractivity contribution in [1.29, 1.82) is 0 Å². The maximum Gasteiger partial charge on any atom is 0.191 e. The summed E-state index contributed by atoms with van der Waals surface area (Å²) in [5.74, 6) is 3.23. The first-order valence-corrected chi connectivity index (χ1v) is 11.4. The summed E-state index contributed by atoms with van der Waals surface area (Å²) in [5.41, 5.74) is 2.68. The number of fused-ring (bicyclic) bond motifs is 1. The van der Waals surface area contributed by atoms with E-state index in [0.717, 1.165) is 50.1 Å². The van der Waals surface area contributed by atoms with Gasteiger partial charge in [-0.3, -0.25) is 0 Å². The summed E-state index contributed by atoms with van der Waals surface area (Å²) in [5, 5.41) is 15.6. The van der Waals surface area contributed by atoms with Crippen LogP contribution in [-0.4, -0.2) is 33.8 Å². The quantitative estimate of drug-likeness (QED) is 0.249. The predicted octanol–water partition coefficient (Wildman–Crippen LogP) is 4.51. The number of aliphatic imine (C=N–C) groups is 1. The third-order valence-corrected chi connectivity index (χ3v) is 5.79. The molecule has 1 aromatic heterocycles. The standard InChI is InChI=1S/C25H32N6.HI/c1-2-26-25(28-19-24-30-29-23-15-9-10-18-31(23)24)27-17-16-22(20-11-5-3-6-12-20)21-13-7-4-8-14-21;/h3-8,11-14,22H,2,9-10,15-19H2,1H3,(H2,26,27,28);1H. The van der Waals surface area contributed by atoms with E-state index in [9.17, 15) is 0 Å². The van der Waals surface area contributed by atoms with Crippen LogP contribution in [0.5, 0.6) is 0 Å². The molecule has 2 heterocycles. The van der Waals surface area contributed by atoms with Gasteiger partial charge in [0.2, 0.25) is 0 Å². The molecule has 32 heavy (non-hydrogen) atoms. The van der Waals surface area contributed by atoms with Crippen LogP contribution in [0.4, 0.5) is 0 Å². The largest absolute Gasteiger partial charge is 0.357 e. The Bertz CT molecular complexity index is 931. The van der Waals surface area contributed by atoms with Crippen LogP contribution in [-0.2, 0) is 19.5 Å².